The Balaban J connectivity index is 3.33. The Kier molecular flexibility index (Phi) is 6.19. The van der Waals surface area contributed by atoms with E-state index < -0.39 is 0 Å². The normalized spacial score (nSPS) is 12.5. The van der Waals surface area contributed by atoms with Crippen molar-refractivity contribution < 1.29 is 14.6 Å². The number of hydrogen-bond donors (Lipinski definition) is 1. The highest BCUT2D eigenvalue weighted by Gasteiger charge is 2.01. The van der Waals surface area contributed by atoms with Gasteiger partial charge in [-0.2, -0.15) is 0 Å². The molecule has 0 unspecified atom stereocenters. The molecule has 0 aromatic heterocycles. The zero-order valence-electron chi connectivity index (χ0n) is 6.04. The second-order valence-electron chi connectivity index (χ2n) is 1.74. The summed E-state index contributed by atoms with van der Waals surface area (Å²) >= 11 is 0. The van der Waals surface area contributed by atoms with E-state index in [1.165, 1.54) is 7.11 Å². The van der Waals surface area contributed by atoms with Crippen LogP contribution in [0.5, 0.6) is 0 Å². The Morgan fingerprint density at radius 3 is 2.80 bits per heavy atom. The van der Waals surface area contributed by atoms with Crippen LogP contribution >= 0.6 is 0 Å². The van der Waals surface area contributed by atoms with E-state index in [0.717, 1.165) is 0 Å². The molecule has 0 saturated heterocycles. The predicted octanol–water partition coefficient (Wildman–Crippen LogP) is -0.00890. The highest BCUT2D eigenvalue weighted by atomic mass is 16.7. The predicted molar refractivity (Wildman–Crippen MR) is 37.3 cm³/mol. The van der Waals surface area contributed by atoms with Gasteiger partial charge in [-0.25, -0.2) is 0 Å². The topological polar surface area (TPSA) is 38.7 Å². The van der Waals surface area contributed by atoms with E-state index in [4.69, 9.17) is 16.3 Å². The number of terminal acetylenes is 1. The Morgan fingerprint density at radius 1 is 1.70 bits per heavy atom. The standard InChI is InChI=1S/C7H12O3/c1-3-7(4-5-8)10-6-9-2/h1,7-8H,4-6H2,2H3/t7-/m1/s1. The van der Waals surface area contributed by atoms with Crippen molar-refractivity contribution in [2.45, 2.75) is 12.5 Å². The van der Waals surface area contributed by atoms with Gasteiger partial charge in [-0.05, 0) is 0 Å². The van der Waals surface area contributed by atoms with Crippen molar-refractivity contribution in [1.82, 2.24) is 0 Å². The summed E-state index contributed by atoms with van der Waals surface area (Å²) in [6.45, 7) is 0.216. The molecule has 1 N–H and O–H groups in total. The highest BCUT2D eigenvalue weighted by molar-refractivity contribution is 4.94. The monoisotopic (exact) mass is 144 g/mol. The lowest BCUT2D eigenvalue weighted by molar-refractivity contribution is -0.0574. The first-order chi connectivity index (χ1) is 4.85. The molecule has 0 heterocycles. The van der Waals surface area contributed by atoms with Gasteiger partial charge < -0.3 is 14.6 Å². The van der Waals surface area contributed by atoms with Gasteiger partial charge in [0.15, 0.2) is 0 Å². The molecule has 0 aromatic carbocycles. The molecule has 0 amide bonds. The largest absolute Gasteiger partial charge is 0.396 e. The Bertz CT molecular complexity index is 106. The lowest BCUT2D eigenvalue weighted by Crippen LogP contribution is -2.13. The number of rotatable bonds is 5. The number of aliphatic hydroxyl groups is 1. The van der Waals surface area contributed by atoms with Crippen LogP contribution in [0.15, 0.2) is 0 Å². The molecule has 58 valence electrons. The van der Waals surface area contributed by atoms with Crippen molar-refractivity contribution in [2.75, 3.05) is 20.5 Å². The van der Waals surface area contributed by atoms with Crippen molar-refractivity contribution in [2.24, 2.45) is 0 Å². The quantitative estimate of drug-likeness (QED) is 0.435. The number of aliphatic hydroxyl groups excluding tert-OH is 1. The van der Waals surface area contributed by atoms with Gasteiger partial charge in [0, 0.05) is 20.1 Å². The number of methoxy groups -OCH3 is 1. The summed E-state index contributed by atoms with van der Waals surface area (Å²) < 4.78 is 9.58. The minimum atomic E-state index is -0.329. The van der Waals surface area contributed by atoms with Gasteiger partial charge in [0.2, 0.25) is 0 Å². The summed E-state index contributed by atoms with van der Waals surface area (Å²) in [6, 6.07) is 0. The highest BCUT2D eigenvalue weighted by Crippen LogP contribution is 1.94. The molecule has 0 bridgehead atoms. The average Bonchev–Trinajstić information content (AvgIpc) is 1.98. The van der Waals surface area contributed by atoms with E-state index in [-0.39, 0.29) is 19.5 Å². The molecule has 0 spiro atoms. The average molecular weight is 144 g/mol. The van der Waals surface area contributed by atoms with Crippen molar-refractivity contribution in [3.05, 3.63) is 0 Å². The molecule has 0 aromatic rings. The fraction of sp³-hybridized carbons (Fsp3) is 0.714. The Morgan fingerprint density at radius 2 is 2.40 bits per heavy atom. The Hall–Kier alpha value is -0.560. The second kappa shape index (κ2) is 6.56. The van der Waals surface area contributed by atoms with Crippen LogP contribution < -0.4 is 0 Å². The van der Waals surface area contributed by atoms with Gasteiger partial charge in [0.05, 0.1) is 0 Å². The van der Waals surface area contributed by atoms with Crippen molar-refractivity contribution in [3.63, 3.8) is 0 Å². The third kappa shape index (κ3) is 4.33. The smallest absolute Gasteiger partial charge is 0.148 e. The molecule has 10 heavy (non-hydrogen) atoms. The van der Waals surface area contributed by atoms with Crippen LogP contribution in [0.2, 0.25) is 0 Å². The maximum atomic E-state index is 8.45. The summed E-state index contributed by atoms with van der Waals surface area (Å²) in [7, 11) is 1.52. The molecule has 0 aliphatic rings. The van der Waals surface area contributed by atoms with Crippen LogP contribution in [0.25, 0.3) is 0 Å². The van der Waals surface area contributed by atoms with Crippen molar-refractivity contribution in [1.29, 1.82) is 0 Å². The van der Waals surface area contributed by atoms with Gasteiger partial charge in [-0.1, -0.05) is 5.92 Å². The SMILES string of the molecule is C#C[C@H](CCO)OCOC. The Labute approximate surface area is 60.9 Å². The molecule has 3 heteroatoms. The summed E-state index contributed by atoms with van der Waals surface area (Å²) in [5.74, 6) is 2.38. The van der Waals surface area contributed by atoms with E-state index >= 15 is 0 Å². The van der Waals surface area contributed by atoms with Gasteiger partial charge in [0.1, 0.15) is 12.9 Å². The molecular formula is C7H12O3. The van der Waals surface area contributed by atoms with E-state index in [0.29, 0.717) is 6.42 Å². The van der Waals surface area contributed by atoms with Gasteiger partial charge in [-0.3, -0.25) is 0 Å². The van der Waals surface area contributed by atoms with E-state index in [1.54, 1.807) is 0 Å². The molecule has 0 aliphatic heterocycles. The number of hydrogen-bond acceptors (Lipinski definition) is 3. The van der Waals surface area contributed by atoms with Crippen LogP contribution in [-0.4, -0.2) is 31.7 Å². The first-order valence-electron chi connectivity index (χ1n) is 3.02. The summed E-state index contributed by atoms with van der Waals surface area (Å²) in [6.07, 6.45) is 5.19. The van der Waals surface area contributed by atoms with Crippen molar-refractivity contribution >= 4 is 0 Å². The zero-order chi connectivity index (χ0) is 7.82. The minimum absolute atomic E-state index is 0.0403. The molecule has 0 fully saturated rings. The first-order valence-corrected chi connectivity index (χ1v) is 3.02. The third-order valence-electron chi connectivity index (χ3n) is 0.964. The van der Waals surface area contributed by atoms with Gasteiger partial charge in [0.25, 0.3) is 0 Å². The zero-order valence-corrected chi connectivity index (χ0v) is 6.04. The second-order valence-corrected chi connectivity index (χ2v) is 1.74. The lowest BCUT2D eigenvalue weighted by atomic mass is 10.3. The summed E-state index contributed by atoms with van der Waals surface area (Å²) in [5, 5.41) is 8.45. The lowest BCUT2D eigenvalue weighted by Gasteiger charge is -2.08. The van der Waals surface area contributed by atoms with Gasteiger partial charge >= 0.3 is 0 Å². The minimum Gasteiger partial charge on any atom is -0.396 e. The van der Waals surface area contributed by atoms with Gasteiger partial charge in [-0.15, -0.1) is 6.42 Å². The summed E-state index contributed by atoms with van der Waals surface area (Å²) in [5.41, 5.74) is 0. The fourth-order valence-electron chi connectivity index (χ4n) is 0.482. The molecule has 3 nitrogen and oxygen atoms in total. The fourth-order valence-corrected chi connectivity index (χ4v) is 0.482. The molecule has 0 radical (unpaired) electrons. The summed E-state index contributed by atoms with van der Waals surface area (Å²) in [4.78, 5) is 0. The van der Waals surface area contributed by atoms with Crippen LogP contribution in [-0.2, 0) is 9.47 Å². The molecule has 0 saturated carbocycles. The number of ether oxygens (including phenoxy) is 2. The van der Waals surface area contributed by atoms with E-state index in [9.17, 15) is 0 Å². The van der Waals surface area contributed by atoms with Crippen LogP contribution in [0.1, 0.15) is 6.42 Å². The maximum absolute atomic E-state index is 8.45. The van der Waals surface area contributed by atoms with Crippen molar-refractivity contribution in [3.8, 4) is 12.3 Å². The molecule has 0 aliphatic carbocycles. The maximum Gasteiger partial charge on any atom is 0.148 e. The van der Waals surface area contributed by atoms with E-state index in [2.05, 4.69) is 10.7 Å². The molecule has 1 atom stereocenters. The molecule has 0 rings (SSSR count). The van der Waals surface area contributed by atoms with E-state index in [1.807, 2.05) is 0 Å². The first kappa shape index (κ1) is 9.44. The van der Waals surface area contributed by atoms with Crippen LogP contribution in [0, 0.1) is 12.3 Å². The third-order valence-corrected chi connectivity index (χ3v) is 0.964. The molecular weight excluding hydrogens is 132 g/mol. The van der Waals surface area contributed by atoms with Crippen LogP contribution in [0.4, 0.5) is 0 Å². The van der Waals surface area contributed by atoms with Crippen LogP contribution in [0.3, 0.4) is 0 Å².